The molecule has 0 radical (unpaired) electrons. The second kappa shape index (κ2) is 9.40. The van der Waals surface area contributed by atoms with Crippen LogP contribution in [0.25, 0.3) is 0 Å². The van der Waals surface area contributed by atoms with E-state index in [-0.39, 0.29) is 22.6 Å². The van der Waals surface area contributed by atoms with Crippen LogP contribution in [0.1, 0.15) is 48.2 Å². The summed E-state index contributed by atoms with van der Waals surface area (Å²) in [4.78, 5) is 17.3. The summed E-state index contributed by atoms with van der Waals surface area (Å²) in [5.74, 6) is 0.122. The summed E-state index contributed by atoms with van der Waals surface area (Å²) < 4.78 is 30.7. The first-order valence-electron chi connectivity index (χ1n) is 10.7. The molecule has 3 rings (SSSR count). The Kier molecular flexibility index (Phi) is 7.06. The van der Waals surface area contributed by atoms with Crippen LogP contribution < -0.4 is 4.18 Å². The third-order valence-corrected chi connectivity index (χ3v) is 7.41. The van der Waals surface area contributed by atoms with Gasteiger partial charge in [0, 0.05) is 37.8 Å². The van der Waals surface area contributed by atoms with Gasteiger partial charge in [0.1, 0.15) is 10.6 Å². The summed E-state index contributed by atoms with van der Waals surface area (Å²) in [5, 5.41) is 0. The van der Waals surface area contributed by atoms with Gasteiger partial charge in [-0.05, 0) is 82.0 Å². The predicted octanol–water partition coefficient (Wildman–Crippen LogP) is 4.02. The maximum Gasteiger partial charge on any atom is 0.339 e. The van der Waals surface area contributed by atoms with Gasteiger partial charge >= 0.3 is 10.1 Å². The number of piperidine rings is 1. The number of carbonyl (C=O) groups excluding carboxylic acids is 1. The molecule has 6 nitrogen and oxygen atoms in total. The number of rotatable bonds is 6. The fourth-order valence-electron chi connectivity index (χ4n) is 3.96. The number of likely N-dealkylation sites (tertiary alicyclic amines) is 1. The first-order chi connectivity index (χ1) is 14.6. The Morgan fingerprint density at radius 2 is 1.68 bits per heavy atom. The number of amides is 1. The SMILES string of the molecule is Cc1ccc(C)c(S(=O)(=O)Oc2ccc(C(=O)N(C)C3CCN(C(C)C)CC3)cc2)c1. The molecule has 1 saturated heterocycles. The van der Waals surface area contributed by atoms with Crippen molar-refractivity contribution in [2.24, 2.45) is 0 Å². The average molecular weight is 445 g/mol. The van der Waals surface area contributed by atoms with Crippen molar-refractivity contribution in [3.05, 3.63) is 59.2 Å². The summed E-state index contributed by atoms with van der Waals surface area (Å²) in [6, 6.07) is 12.3. The highest BCUT2D eigenvalue weighted by Crippen LogP contribution is 2.24. The zero-order valence-electron chi connectivity index (χ0n) is 19.0. The van der Waals surface area contributed by atoms with Crippen LogP contribution in [0.2, 0.25) is 0 Å². The van der Waals surface area contributed by atoms with E-state index in [0.717, 1.165) is 31.5 Å². The highest BCUT2D eigenvalue weighted by molar-refractivity contribution is 7.87. The zero-order valence-corrected chi connectivity index (χ0v) is 19.8. The van der Waals surface area contributed by atoms with E-state index in [1.54, 1.807) is 36.1 Å². The number of carbonyl (C=O) groups is 1. The summed E-state index contributed by atoms with van der Waals surface area (Å²) in [7, 11) is -2.10. The molecule has 1 aliphatic rings. The maximum absolute atomic E-state index is 12.9. The van der Waals surface area contributed by atoms with Crippen LogP contribution in [0.5, 0.6) is 5.75 Å². The molecule has 0 unspecified atom stereocenters. The van der Waals surface area contributed by atoms with Gasteiger partial charge in [-0.1, -0.05) is 12.1 Å². The number of nitrogens with zero attached hydrogens (tertiary/aromatic N) is 2. The van der Waals surface area contributed by atoms with Crippen molar-refractivity contribution in [1.82, 2.24) is 9.80 Å². The number of benzene rings is 2. The molecule has 0 N–H and O–H groups in total. The molecule has 7 heteroatoms. The molecule has 1 heterocycles. The van der Waals surface area contributed by atoms with Gasteiger partial charge in [0.15, 0.2) is 0 Å². The van der Waals surface area contributed by atoms with Gasteiger partial charge in [-0.2, -0.15) is 8.42 Å². The molecule has 1 amide bonds. The van der Waals surface area contributed by atoms with E-state index < -0.39 is 10.1 Å². The molecule has 2 aromatic carbocycles. The largest absolute Gasteiger partial charge is 0.379 e. The van der Waals surface area contributed by atoms with Crippen molar-refractivity contribution < 1.29 is 17.4 Å². The van der Waals surface area contributed by atoms with Crippen molar-refractivity contribution in [3.8, 4) is 5.75 Å². The van der Waals surface area contributed by atoms with E-state index in [0.29, 0.717) is 17.2 Å². The van der Waals surface area contributed by atoms with E-state index in [4.69, 9.17) is 4.18 Å². The van der Waals surface area contributed by atoms with Crippen LogP contribution in [-0.2, 0) is 10.1 Å². The Balaban J connectivity index is 1.67. The van der Waals surface area contributed by atoms with Crippen LogP contribution in [0.15, 0.2) is 47.4 Å². The number of hydrogen-bond acceptors (Lipinski definition) is 5. The second-order valence-corrected chi connectivity index (χ2v) is 10.1. The van der Waals surface area contributed by atoms with Gasteiger partial charge < -0.3 is 14.0 Å². The Hall–Kier alpha value is -2.38. The highest BCUT2D eigenvalue weighted by atomic mass is 32.2. The first kappa shape index (κ1) is 23.3. The summed E-state index contributed by atoms with van der Waals surface area (Å²) in [6.07, 6.45) is 1.91. The molecule has 0 aliphatic carbocycles. The van der Waals surface area contributed by atoms with E-state index in [1.807, 2.05) is 20.0 Å². The molecule has 0 aromatic heterocycles. The van der Waals surface area contributed by atoms with Crippen molar-refractivity contribution in [3.63, 3.8) is 0 Å². The minimum absolute atomic E-state index is 0.0630. The lowest BCUT2D eigenvalue weighted by molar-refractivity contribution is 0.0615. The molecule has 0 bridgehead atoms. The number of aryl methyl sites for hydroxylation is 2. The predicted molar refractivity (Wildman–Crippen MR) is 122 cm³/mol. The molecule has 2 aromatic rings. The highest BCUT2D eigenvalue weighted by Gasteiger charge is 2.27. The maximum atomic E-state index is 12.9. The summed E-state index contributed by atoms with van der Waals surface area (Å²) in [5.41, 5.74) is 1.99. The minimum Gasteiger partial charge on any atom is -0.379 e. The smallest absolute Gasteiger partial charge is 0.339 e. The van der Waals surface area contributed by atoms with Gasteiger partial charge in [-0.3, -0.25) is 4.79 Å². The molecule has 1 aliphatic heterocycles. The number of hydrogen-bond donors (Lipinski definition) is 0. The Labute approximate surface area is 185 Å². The third-order valence-electron chi connectivity index (χ3n) is 6.02. The van der Waals surface area contributed by atoms with Gasteiger partial charge in [0.25, 0.3) is 5.91 Å². The molecular weight excluding hydrogens is 412 g/mol. The first-order valence-corrected chi connectivity index (χ1v) is 12.1. The molecule has 0 atom stereocenters. The Bertz CT molecular complexity index is 1020. The van der Waals surface area contributed by atoms with Crippen LogP contribution in [0, 0.1) is 13.8 Å². The normalized spacial score (nSPS) is 15.8. The van der Waals surface area contributed by atoms with Gasteiger partial charge in [-0.15, -0.1) is 0 Å². The molecular formula is C24H32N2O4S. The lowest BCUT2D eigenvalue weighted by Crippen LogP contribution is -2.47. The topological polar surface area (TPSA) is 66.9 Å². The van der Waals surface area contributed by atoms with Gasteiger partial charge in [0.05, 0.1) is 0 Å². The molecule has 0 spiro atoms. The fourth-order valence-corrected chi connectivity index (χ4v) is 5.21. The molecule has 1 fully saturated rings. The van der Waals surface area contributed by atoms with Crippen molar-refractivity contribution in [2.75, 3.05) is 20.1 Å². The minimum atomic E-state index is -3.95. The zero-order chi connectivity index (χ0) is 22.8. The van der Waals surface area contributed by atoms with Crippen LogP contribution in [-0.4, -0.2) is 56.3 Å². The molecule has 168 valence electrons. The summed E-state index contributed by atoms with van der Waals surface area (Å²) >= 11 is 0. The Morgan fingerprint density at radius 1 is 1.06 bits per heavy atom. The lowest BCUT2D eigenvalue weighted by atomic mass is 10.0. The third kappa shape index (κ3) is 5.46. The van der Waals surface area contributed by atoms with E-state index >= 15 is 0 Å². The van der Waals surface area contributed by atoms with Crippen molar-refractivity contribution >= 4 is 16.0 Å². The van der Waals surface area contributed by atoms with E-state index in [1.165, 1.54) is 12.1 Å². The fraction of sp³-hybridized carbons (Fsp3) is 0.458. The second-order valence-electron chi connectivity index (χ2n) is 8.61. The van der Waals surface area contributed by atoms with Gasteiger partial charge in [-0.25, -0.2) is 0 Å². The quantitative estimate of drug-likeness (QED) is 0.630. The monoisotopic (exact) mass is 444 g/mol. The molecule has 0 saturated carbocycles. The van der Waals surface area contributed by atoms with Crippen LogP contribution in [0.4, 0.5) is 0 Å². The van der Waals surface area contributed by atoms with E-state index in [9.17, 15) is 13.2 Å². The Morgan fingerprint density at radius 3 is 2.26 bits per heavy atom. The van der Waals surface area contributed by atoms with E-state index in [2.05, 4.69) is 18.7 Å². The average Bonchev–Trinajstić information content (AvgIpc) is 2.74. The van der Waals surface area contributed by atoms with Crippen LogP contribution in [0.3, 0.4) is 0 Å². The lowest BCUT2D eigenvalue weighted by Gasteiger charge is -2.38. The molecule has 31 heavy (non-hydrogen) atoms. The van der Waals surface area contributed by atoms with Gasteiger partial charge in [0.2, 0.25) is 0 Å². The van der Waals surface area contributed by atoms with Crippen LogP contribution >= 0.6 is 0 Å². The van der Waals surface area contributed by atoms with Crippen molar-refractivity contribution in [1.29, 1.82) is 0 Å². The standard InChI is InChI=1S/C24H32N2O4S/c1-17(2)26-14-12-21(13-15-26)25(5)24(27)20-8-10-22(11-9-20)30-31(28,29)23-16-18(3)6-7-19(23)4/h6-11,16-17,21H,12-15H2,1-5H3. The summed E-state index contributed by atoms with van der Waals surface area (Å²) in [6.45, 7) is 9.94. The van der Waals surface area contributed by atoms with Crippen molar-refractivity contribution in [2.45, 2.75) is 57.5 Å².